The van der Waals surface area contributed by atoms with E-state index in [0.717, 1.165) is 21.5 Å². The molecule has 2 aliphatic rings. The largest absolute Gasteiger partial charge is 0.478 e. The molecule has 3 aromatic rings. The lowest BCUT2D eigenvalue weighted by Gasteiger charge is -2.11. The molecule has 168 valence electrons. The van der Waals surface area contributed by atoms with Crippen molar-refractivity contribution in [3.05, 3.63) is 71.4 Å². The minimum Gasteiger partial charge on any atom is -0.478 e. The molecular weight excluding hydrogens is 444 g/mol. The molecule has 10 heteroatoms. The van der Waals surface area contributed by atoms with Gasteiger partial charge < -0.3 is 15.4 Å². The van der Waals surface area contributed by atoms with Gasteiger partial charge >= 0.3 is 5.97 Å². The van der Waals surface area contributed by atoms with Crippen LogP contribution in [0.25, 0.3) is 17.0 Å². The lowest BCUT2D eigenvalue weighted by molar-refractivity contribution is -0.114. The third-order valence-electron chi connectivity index (χ3n) is 5.94. The first-order valence-corrected chi connectivity index (χ1v) is 12.1. The van der Waals surface area contributed by atoms with Gasteiger partial charge in [0, 0.05) is 28.7 Å². The highest BCUT2D eigenvalue weighted by Gasteiger charge is 2.32. The lowest BCUT2D eigenvalue weighted by atomic mass is 10.1. The summed E-state index contributed by atoms with van der Waals surface area (Å²) in [6.07, 6.45) is 4.06. The molecule has 0 bridgehead atoms. The van der Waals surface area contributed by atoms with Gasteiger partial charge in [0.05, 0.1) is 28.3 Å². The normalized spacial score (nSPS) is 21.2. The number of nitrogens with zero attached hydrogens (tertiary/aromatic N) is 3. The van der Waals surface area contributed by atoms with Gasteiger partial charge in [-0.05, 0) is 42.8 Å². The summed E-state index contributed by atoms with van der Waals surface area (Å²) >= 11 is 0. The van der Waals surface area contributed by atoms with E-state index >= 15 is 0 Å². The summed E-state index contributed by atoms with van der Waals surface area (Å²) in [5.41, 5.74) is 8.39. The predicted molar refractivity (Wildman–Crippen MR) is 125 cm³/mol. The van der Waals surface area contributed by atoms with Gasteiger partial charge in [-0.15, -0.1) is 5.10 Å². The molecule has 0 spiro atoms. The van der Waals surface area contributed by atoms with Gasteiger partial charge in [0.25, 0.3) is 5.91 Å². The quantitative estimate of drug-likeness (QED) is 0.569. The van der Waals surface area contributed by atoms with Gasteiger partial charge in [-0.2, -0.15) is 5.01 Å². The van der Waals surface area contributed by atoms with E-state index in [9.17, 15) is 18.0 Å². The molecule has 0 radical (unpaired) electrons. The first-order valence-electron chi connectivity index (χ1n) is 10.3. The van der Waals surface area contributed by atoms with Crippen LogP contribution >= 0.6 is 0 Å². The van der Waals surface area contributed by atoms with Crippen LogP contribution in [0.5, 0.6) is 0 Å². The Bertz CT molecular complexity index is 1470. The molecule has 1 aromatic heterocycles. The maximum Gasteiger partial charge on any atom is 0.335 e. The van der Waals surface area contributed by atoms with Crippen molar-refractivity contribution in [2.75, 3.05) is 16.5 Å². The Morgan fingerprint density at radius 3 is 2.55 bits per heavy atom. The number of anilines is 1. The second kappa shape index (κ2) is 7.59. The van der Waals surface area contributed by atoms with Crippen molar-refractivity contribution >= 4 is 50.2 Å². The molecule has 3 heterocycles. The molecule has 5 rings (SSSR count). The third kappa shape index (κ3) is 3.68. The molecule has 0 saturated carbocycles. The van der Waals surface area contributed by atoms with Crippen LogP contribution in [-0.2, 0) is 14.6 Å². The number of amidine groups is 1. The Morgan fingerprint density at radius 1 is 1.15 bits per heavy atom. The monoisotopic (exact) mass is 464 g/mol. The van der Waals surface area contributed by atoms with Gasteiger partial charge in [0.1, 0.15) is 0 Å². The van der Waals surface area contributed by atoms with Gasteiger partial charge in [-0.25, -0.2) is 13.2 Å². The smallest absolute Gasteiger partial charge is 0.335 e. The first-order chi connectivity index (χ1) is 15.7. The van der Waals surface area contributed by atoms with E-state index in [1.165, 1.54) is 24.3 Å². The van der Waals surface area contributed by atoms with E-state index in [1.54, 1.807) is 6.08 Å². The summed E-state index contributed by atoms with van der Waals surface area (Å²) in [6.45, 7) is 0. The number of rotatable bonds is 4. The number of hydrogen-bond donors (Lipinski definition) is 2. The first kappa shape index (κ1) is 21.0. The molecule has 1 unspecified atom stereocenters. The maximum atomic E-state index is 13.1. The fourth-order valence-corrected chi connectivity index (χ4v) is 6.00. The van der Waals surface area contributed by atoms with E-state index < -0.39 is 21.7 Å². The van der Waals surface area contributed by atoms with Crippen LogP contribution in [0.3, 0.4) is 0 Å². The van der Waals surface area contributed by atoms with E-state index in [-0.39, 0.29) is 34.5 Å². The number of carbonyl (C=O) groups excluding carboxylic acids is 1. The molecule has 1 saturated heterocycles. The standard InChI is InChI=1S/C23H20N4O5S/c24-21-19(22(28)27(25-21)16-7-5-14(6-8-16)23(29)30)11-15-12-26(17-9-10-33(31,32)13-17)20-4-2-1-3-18(15)20/h1-8,11-12,17H,9-10,13H2,(H2,24,25)(H,29,30). The van der Waals surface area contributed by atoms with Crippen LogP contribution < -0.4 is 10.7 Å². The van der Waals surface area contributed by atoms with E-state index in [2.05, 4.69) is 5.10 Å². The Labute approximate surface area is 189 Å². The number of benzene rings is 2. The van der Waals surface area contributed by atoms with Crippen LogP contribution in [0.2, 0.25) is 0 Å². The SMILES string of the molecule is NC1=NN(c2ccc(C(=O)O)cc2)C(=O)C1=Cc1cn(C2CCS(=O)(=O)C2)c2ccccc12. The number of hydrogen-bond acceptors (Lipinski definition) is 6. The van der Waals surface area contributed by atoms with E-state index in [0.29, 0.717) is 12.1 Å². The highest BCUT2D eigenvalue weighted by Crippen LogP contribution is 2.33. The predicted octanol–water partition coefficient (Wildman–Crippen LogP) is 2.40. The van der Waals surface area contributed by atoms with Gasteiger partial charge in [0.2, 0.25) is 0 Å². The number of nitrogens with two attached hydrogens (primary N) is 1. The molecule has 2 aromatic carbocycles. The zero-order valence-corrected chi connectivity index (χ0v) is 18.2. The summed E-state index contributed by atoms with van der Waals surface area (Å²) in [4.78, 5) is 24.2. The van der Waals surface area contributed by atoms with Crippen molar-refractivity contribution in [3.63, 3.8) is 0 Å². The number of carboxylic acid groups (broad SMARTS) is 1. The number of para-hydroxylation sites is 1. The number of amides is 1. The minimum atomic E-state index is -3.06. The summed E-state index contributed by atoms with van der Waals surface area (Å²) in [7, 11) is -3.06. The zero-order valence-electron chi connectivity index (χ0n) is 17.4. The van der Waals surface area contributed by atoms with E-state index in [1.807, 2.05) is 35.0 Å². The second-order valence-electron chi connectivity index (χ2n) is 8.08. The van der Waals surface area contributed by atoms with Crippen LogP contribution in [0, 0.1) is 0 Å². The molecule has 1 amide bonds. The third-order valence-corrected chi connectivity index (χ3v) is 7.69. The topological polar surface area (TPSA) is 135 Å². The molecule has 9 nitrogen and oxygen atoms in total. The number of carboxylic acids is 1. The van der Waals surface area contributed by atoms with Crippen LogP contribution in [-0.4, -0.2) is 47.3 Å². The number of sulfone groups is 1. The number of aromatic carboxylic acids is 1. The molecule has 33 heavy (non-hydrogen) atoms. The molecule has 3 N–H and O–H groups in total. The Balaban J connectivity index is 1.52. The molecular formula is C23H20N4O5S. The Morgan fingerprint density at radius 2 is 1.88 bits per heavy atom. The molecule has 2 aliphatic heterocycles. The van der Waals surface area contributed by atoms with Crippen molar-refractivity contribution in [1.29, 1.82) is 0 Å². The number of fused-ring (bicyclic) bond motifs is 1. The van der Waals surface area contributed by atoms with E-state index in [4.69, 9.17) is 10.8 Å². The van der Waals surface area contributed by atoms with Crippen molar-refractivity contribution in [1.82, 2.24) is 4.57 Å². The minimum absolute atomic E-state index is 0.0441. The molecule has 1 atom stereocenters. The second-order valence-corrected chi connectivity index (χ2v) is 10.3. The number of hydrazone groups is 1. The number of carbonyl (C=O) groups is 2. The fraction of sp³-hybridized carbons (Fsp3) is 0.174. The highest BCUT2D eigenvalue weighted by atomic mass is 32.2. The Hall–Kier alpha value is -3.92. The average molecular weight is 465 g/mol. The van der Waals surface area contributed by atoms with Crippen molar-refractivity contribution in [3.8, 4) is 0 Å². The number of aromatic nitrogens is 1. The van der Waals surface area contributed by atoms with Crippen molar-refractivity contribution in [2.45, 2.75) is 12.5 Å². The lowest BCUT2D eigenvalue weighted by Crippen LogP contribution is -2.22. The summed E-state index contributed by atoms with van der Waals surface area (Å²) in [5, 5.41) is 15.2. The zero-order chi connectivity index (χ0) is 23.3. The molecule has 0 aliphatic carbocycles. The molecule has 1 fully saturated rings. The van der Waals surface area contributed by atoms with Crippen LogP contribution in [0.4, 0.5) is 5.69 Å². The van der Waals surface area contributed by atoms with Crippen molar-refractivity contribution < 1.29 is 23.1 Å². The maximum absolute atomic E-state index is 13.1. The highest BCUT2D eigenvalue weighted by molar-refractivity contribution is 7.91. The van der Waals surface area contributed by atoms with Gasteiger partial charge in [-0.3, -0.25) is 4.79 Å². The Kier molecular flexibility index (Phi) is 4.82. The van der Waals surface area contributed by atoms with Crippen LogP contribution in [0.15, 0.2) is 65.4 Å². The van der Waals surface area contributed by atoms with Crippen LogP contribution in [0.1, 0.15) is 28.4 Å². The fourth-order valence-electron chi connectivity index (χ4n) is 4.29. The van der Waals surface area contributed by atoms with Crippen molar-refractivity contribution in [2.24, 2.45) is 10.8 Å². The average Bonchev–Trinajstić information content (AvgIpc) is 3.43. The van der Waals surface area contributed by atoms with Gasteiger partial charge in [-0.1, -0.05) is 18.2 Å². The summed E-state index contributed by atoms with van der Waals surface area (Å²) in [6, 6.07) is 13.2. The summed E-state index contributed by atoms with van der Waals surface area (Å²) in [5.74, 6) is -1.21. The van der Waals surface area contributed by atoms with Gasteiger partial charge in [0.15, 0.2) is 15.7 Å². The summed E-state index contributed by atoms with van der Waals surface area (Å²) < 4.78 is 26.0.